The van der Waals surface area contributed by atoms with Crippen molar-refractivity contribution in [1.82, 2.24) is 9.88 Å². The molecule has 5 nitrogen and oxygen atoms in total. The van der Waals surface area contributed by atoms with Crippen molar-refractivity contribution in [1.29, 1.82) is 0 Å². The lowest BCUT2D eigenvalue weighted by Crippen LogP contribution is -2.44. The van der Waals surface area contributed by atoms with E-state index in [0.717, 1.165) is 29.4 Å². The van der Waals surface area contributed by atoms with E-state index in [0.29, 0.717) is 13.1 Å². The van der Waals surface area contributed by atoms with Crippen LogP contribution < -0.4 is 5.32 Å². The normalized spacial score (nSPS) is 19.0. The summed E-state index contributed by atoms with van der Waals surface area (Å²) in [5.41, 5.74) is 0. The number of hydrogen-bond acceptors (Lipinski definition) is 3. The number of hydrogen-bond donors (Lipinski definition) is 2. The van der Waals surface area contributed by atoms with Crippen LogP contribution in [0, 0.1) is 0 Å². The van der Waals surface area contributed by atoms with E-state index in [1.165, 1.54) is 4.90 Å². The molecule has 2 N–H and O–H groups in total. The van der Waals surface area contributed by atoms with E-state index in [2.05, 4.69) is 10.3 Å². The van der Waals surface area contributed by atoms with Crippen molar-refractivity contribution < 1.29 is 9.90 Å². The first-order valence-electron chi connectivity index (χ1n) is 6.81. The van der Waals surface area contributed by atoms with Gasteiger partial charge in [-0.05, 0) is 24.3 Å². The first-order chi connectivity index (χ1) is 9.72. The molecule has 0 aliphatic carbocycles. The summed E-state index contributed by atoms with van der Waals surface area (Å²) in [6.45, 7) is 1.14. The van der Waals surface area contributed by atoms with Crippen molar-refractivity contribution >= 4 is 22.7 Å². The van der Waals surface area contributed by atoms with Crippen LogP contribution in [0.3, 0.4) is 0 Å². The molecule has 1 aromatic carbocycles. The molecule has 3 rings (SSSR count). The molecule has 0 spiro atoms. The van der Waals surface area contributed by atoms with Gasteiger partial charge < -0.3 is 15.3 Å². The lowest BCUT2D eigenvalue weighted by molar-refractivity contribution is 0.133. The van der Waals surface area contributed by atoms with Gasteiger partial charge in [0.2, 0.25) is 0 Å². The van der Waals surface area contributed by atoms with Crippen molar-refractivity contribution in [2.45, 2.75) is 18.9 Å². The zero-order valence-corrected chi connectivity index (χ0v) is 11.1. The standard InChI is InChI=1S/C15H17N3O2/c19-15(20)18-7-3-6-13(10-18)17-14-8-11-4-1-2-5-12(11)9-16-14/h1-2,4-5,8-9,13H,3,6-7,10H2,(H,16,17)(H,19,20)/t13-/m0/s1. The van der Waals surface area contributed by atoms with Gasteiger partial charge in [-0.1, -0.05) is 24.3 Å². The van der Waals surface area contributed by atoms with Crippen molar-refractivity contribution in [2.24, 2.45) is 0 Å². The Balaban J connectivity index is 1.74. The summed E-state index contributed by atoms with van der Waals surface area (Å²) >= 11 is 0. The molecule has 1 fully saturated rings. The van der Waals surface area contributed by atoms with Gasteiger partial charge in [0.25, 0.3) is 0 Å². The number of nitrogens with one attached hydrogen (secondary N) is 1. The molecule has 104 valence electrons. The van der Waals surface area contributed by atoms with Gasteiger partial charge in [0.15, 0.2) is 0 Å². The summed E-state index contributed by atoms with van der Waals surface area (Å²) in [4.78, 5) is 16.9. The van der Waals surface area contributed by atoms with E-state index in [1.54, 1.807) is 0 Å². The van der Waals surface area contributed by atoms with Gasteiger partial charge in [-0.2, -0.15) is 0 Å². The number of anilines is 1. The molecule has 20 heavy (non-hydrogen) atoms. The van der Waals surface area contributed by atoms with Gasteiger partial charge in [-0.3, -0.25) is 0 Å². The molecule has 2 aromatic rings. The molecule has 0 bridgehead atoms. The minimum Gasteiger partial charge on any atom is -0.465 e. The maximum atomic E-state index is 11.0. The molecule has 0 radical (unpaired) electrons. The van der Waals surface area contributed by atoms with Crippen molar-refractivity contribution in [2.75, 3.05) is 18.4 Å². The Hall–Kier alpha value is -2.30. The number of nitrogens with zero attached hydrogens (tertiary/aromatic N) is 2. The Morgan fingerprint density at radius 2 is 2.15 bits per heavy atom. The Morgan fingerprint density at radius 3 is 2.95 bits per heavy atom. The predicted molar refractivity (Wildman–Crippen MR) is 78.0 cm³/mol. The van der Waals surface area contributed by atoms with Gasteiger partial charge in [0.05, 0.1) is 0 Å². The van der Waals surface area contributed by atoms with Crippen LogP contribution in [0.25, 0.3) is 10.8 Å². The number of piperidine rings is 1. The molecule has 1 aliphatic heterocycles. The lowest BCUT2D eigenvalue weighted by Gasteiger charge is -2.31. The van der Waals surface area contributed by atoms with Crippen molar-refractivity contribution in [3.8, 4) is 0 Å². The first kappa shape index (κ1) is 12.7. The second kappa shape index (κ2) is 5.36. The molecule has 1 saturated heterocycles. The Labute approximate surface area is 117 Å². The molecular formula is C15H17N3O2. The maximum Gasteiger partial charge on any atom is 0.407 e. The molecule has 0 unspecified atom stereocenters. The number of carbonyl (C=O) groups is 1. The van der Waals surface area contributed by atoms with Crippen LogP contribution in [0.1, 0.15) is 12.8 Å². The molecule has 1 aromatic heterocycles. The summed E-state index contributed by atoms with van der Waals surface area (Å²) in [5.74, 6) is 0.806. The summed E-state index contributed by atoms with van der Waals surface area (Å²) < 4.78 is 0. The average molecular weight is 271 g/mol. The molecule has 0 saturated carbocycles. The molecular weight excluding hydrogens is 254 g/mol. The number of benzene rings is 1. The SMILES string of the molecule is O=C(O)N1CCC[C@H](Nc2cc3ccccc3cn2)C1. The molecule has 2 heterocycles. The Kier molecular flexibility index (Phi) is 3.41. The van der Waals surface area contributed by atoms with E-state index in [4.69, 9.17) is 5.11 Å². The van der Waals surface area contributed by atoms with E-state index < -0.39 is 6.09 Å². The maximum absolute atomic E-state index is 11.0. The summed E-state index contributed by atoms with van der Waals surface area (Å²) in [6.07, 6.45) is 2.86. The van der Waals surface area contributed by atoms with Crippen LogP contribution in [0.5, 0.6) is 0 Å². The summed E-state index contributed by atoms with van der Waals surface area (Å²) in [6, 6.07) is 10.2. The highest BCUT2D eigenvalue weighted by Gasteiger charge is 2.23. The van der Waals surface area contributed by atoms with E-state index in [1.807, 2.05) is 36.5 Å². The van der Waals surface area contributed by atoms with Gasteiger partial charge in [0, 0.05) is 30.7 Å². The zero-order chi connectivity index (χ0) is 13.9. The van der Waals surface area contributed by atoms with Crippen LogP contribution in [0.15, 0.2) is 36.5 Å². The third-order valence-electron chi connectivity index (χ3n) is 3.67. The summed E-state index contributed by atoms with van der Waals surface area (Å²) in [5, 5.41) is 14.6. The highest BCUT2D eigenvalue weighted by Crippen LogP contribution is 2.19. The fourth-order valence-corrected chi connectivity index (χ4v) is 2.64. The van der Waals surface area contributed by atoms with Gasteiger partial charge in [0.1, 0.15) is 5.82 Å². The van der Waals surface area contributed by atoms with Crippen molar-refractivity contribution in [3.05, 3.63) is 36.5 Å². The van der Waals surface area contributed by atoms with Gasteiger partial charge >= 0.3 is 6.09 Å². The van der Waals surface area contributed by atoms with E-state index in [9.17, 15) is 4.79 Å². The number of pyridine rings is 1. The highest BCUT2D eigenvalue weighted by molar-refractivity contribution is 5.83. The first-order valence-corrected chi connectivity index (χ1v) is 6.81. The smallest absolute Gasteiger partial charge is 0.407 e. The monoisotopic (exact) mass is 271 g/mol. The zero-order valence-electron chi connectivity index (χ0n) is 11.1. The summed E-state index contributed by atoms with van der Waals surface area (Å²) in [7, 11) is 0. The Bertz CT molecular complexity index is 629. The van der Waals surface area contributed by atoms with Gasteiger partial charge in [-0.15, -0.1) is 0 Å². The van der Waals surface area contributed by atoms with E-state index >= 15 is 0 Å². The highest BCUT2D eigenvalue weighted by atomic mass is 16.4. The lowest BCUT2D eigenvalue weighted by atomic mass is 10.1. The van der Waals surface area contributed by atoms with E-state index in [-0.39, 0.29) is 6.04 Å². The number of aromatic nitrogens is 1. The fraction of sp³-hybridized carbons (Fsp3) is 0.333. The number of fused-ring (bicyclic) bond motifs is 1. The number of likely N-dealkylation sites (tertiary alicyclic amines) is 1. The van der Waals surface area contributed by atoms with Crippen molar-refractivity contribution in [3.63, 3.8) is 0 Å². The van der Waals surface area contributed by atoms with Crippen LogP contribution in [-0.2, 0) is 0 Å². The number of carboxylic acid groups (broad SMARTS) is 1. The van der Waals surface area contributed by atoms with Crippen LogP contribution in [0.2, 0.25) is 0 Å². The average Bonchev–Trinajstić information content (AvgIpc) is 2.47. The molecule has 1 aliphatic rings. The second-order valence-electron chi connectivity index (χ2n) is 5.13. The van der Waals surface area contributed by atoms with Crippen LogP contribution in [0.4, 0.5) is 10.6 Å². The Morgan fingerprint density at radius 1 is 1.35 bits per heavy atom. The van der Waals surface area contributed by atoms with Crippen LogP contribution in [-0.4, -0.2) is 40.2 Å². The quantitative estimate of drug-likeness (QED) is 0.881. The minimum absolute atomic E-state index is 0.133. The topological polar surface area (TPSA) is 65.5 Å². The predicted octanol–water partition coefficient (Wildman–Crippen LogP) is 2.79. The third kappa shape index (κ3) is 2.66. The molecule has 1 amide bonds. The minimum atomic E-state index is -0.844. The van der Waals surface area contributed by atoms with Crippen LogP contribution >= 0.6 is 0 Å². The fourth-order valence-electron chi connectivity index (χ4n) is 2.64. The van der Waals surface area contributed by atoms with Gasteiger partial charge in [-0.25, -0.2) is 9.78 Å². The third-order valence-corrected chi connectivity index (χ3v) is 3.67. The molecule has 5 heteroatoms. The molecule has 1 atom stereocenters. The number of rotatable bonds is 2. The number of amides is 1. The largest absolute Gasteiger partial charge is 0.465 e. The second-order valence-corrected chi connectivity index (χ2v) is 5.13.